The van der Waals surface area contributed by atoms with Gasteiger partial charge in [-0.3, -0.25) is 19.0 Å². The van der Waals surface area contributed by atoms with E-state index >= 15 is 0 Å². The molecule has 3 aromatic heterocycles. The fourth-order valence-corrected chi connectivity index (χ4v) is 4.31. The van der Waals surface area contributed by atoms with Crippen LogP contribution in [0, 0.1) is 0 Å². The van der Waals surface area contributed by atoms with Crippen molar-refractivity contribution in [2.75, 3.05) is 26.2 Å². The van der Waals surface area contributed by atoms with Gasteiger partial charge in [0.15, 0.2) is 0 Å². The summed E-state index contributed by atoms with van der Waals surface area (Å²) in [6.45, 7) is 5.92. The zero-order valence-electron chi connectivity index (χ0n) is 14.5. The van der Waals surface area contributed by atoms with Crippen LogP contribution in [0.1, 0.15) is 17.0 Å². The second-order valence-electron chi connectivity index (χ2n) is 6.65. The zero-order valence-corrected chi connectivity index (χ0v) is 16.0. The Kier molecular flexibility index (Phi) is 5.36. The maximum atomic E-state index is 12.3. The van der Waals surface area contributed by atoms with Crippen molar-refractivity contribution in [3.8, 4) is 0 Å². The molecule has 1 aliphatic rings. The van der Waals surface area contributed by atoms with Gasteiger partial charge in [0.2, 0.25) is 0 Å². The van der Waals surface area contributed by atoms with Crippen LogP contribution in [0.15, 0.2) is 46.7 Å². The largest absolute Gasteiger partial charge is 0.297 e. The molecule has 7 heteroatoms. The lowest BCUT2D eigenvalue weighted by atomic mass is 10.3. The molecule has 1 aliphatic heterocycles. The number of thiophene rings is 1. The smallest absolute Gasteiger partial charge is 0.258 e. The lowest BCUT2D eigenvalue weighted by Crippen LogP contribution is -2.31. The van der Waals surface area contributed by atoms with Gasteiger partial charge in [-0.2, -0.15) is 0 Å². The van der Waals surface area contributed by atoms with E-state index in [0.717, 1.165) is 44.8 Å². The van der Waals surface area contributed by atoms with Crippen LogP contribution < -0.4 is 5.56 Å². The number of halogens is 1. The molecule has 4 rings (SSSR count). The molecule has 0 N–H and O–H groups in total. The standard InChI is InChI=1S/C19H21ClN4OS/c20-15-4-5-18-21-16(11-19(25)24(18)12-15)13-22-6-2-7-23(9-8-22)14-17-3-1-10-26-17/h1,3-5,10-12H,2,6-9,13-14H2. The SMILES string of the molecule is O=c1cc(CN2CCCN(Cc3cccs3)CC2)nc2ccc(Cl)cn12. The molecule has 0 amide bonds. The van der Waals surface area contributed by atoms with Crippen LogP contribution in [0.5, 0.6) is 0 Å². The van der Waals surface area contributed by atoms with E-state index in [4.69, 9.17) is 11.6 Å². The number of hydrogen-bond donors (Lipinski definition) is 0. The van der Waals surface area contributed by atoms with Crippen LogP contribution in [-0.4, -0.2) is 45.4 Å². The molecule has 0 spiro atoms. The van der Waals surface area contributed by atoms with Gasteiger partial charge in [0.25, 0.3) is 5.56 Å². The molecule has 1 fully saturated rings. The highest BCUT2D eigenvalue weighted by Crippen LogP contribution is 2.15. The van der Waals surface area contributed by atoms with Crippen LogP contribution in [0.2, 0.25) is 5.02 Å². The maximum absolute atomic E-state index is 12.3. The Hall–Kier alpha value is -1.73. The molecule has 26 heavy (non-hydrogen) atoms. The second-order valence-corrected chi connectivity index (χ2v) is 8.12. The molecule has 5 nitrogen and oxygen atoms in total. The van der Waals surface area contributed by atoms with Crippen molar-refractivity contribution in [2.45, 2.75) is 19.5 Å². The van der Waals surface area contributed by atoms with Gasteiger partial charge in [-0.1, -0.05) is 17.7 Å². The van der Waals surface area contributed by atoms with E-state index in [1.54, 1.807) is 24.4 Å². The highest BCUT2D eigenvalue weighted by molar-refractivity contribution is 7.09. The third-order valence-corrected chi connectivity index (χ3v) is 5.79. The molecular formula is C19H21ClN4OS. The van der Waals surface area contributed by atoms with Gasteiger partial charge in [0, 0.05) is 43.3 Å². The molecule has 0 bridgehead atoms. The topological polar surface area (TPSA) is 40.9 Å². The van der Waals surface area contributed by atoms with Gasteiger partial charge in [0.1, 0.15) is 5.65 Å². The maximum Gasteiger partial charge on any atom is 0.258 e. The van der Waals surface area contributed by atoms with Crippen molar-refractivity contribution in [1.29, 1.82) is 0 Å². The number of fused-ring (bicyclic) bond motifs is 1. The highest BCUT2D eigenvalue weighted by atomic mass is 35.5. The van der Waals surface area contributed by atoms with Gasteiger partial charge in [-0.15, -0.1) is 11.3 Å². The van der Waals surface area contributed by atoms with Crippen LogP contribution >= 0.6 is 22.9 Å². The van der Waals surface area contributed by atoms with Crippen molar-refractivity contribution < 1.29 is 0 Å². The molecule has 1 saturated heterocycles. The van der Waals surface area contributed by atoms with Gasteiger partial charge < -0.3 is 0 Å². The van der Waals surface area contributed by atoms with E-state index in [2.05, 4.69) is 32.3 Å². The van der Waals surface area contributed by atoms with Gasteiger partial charge in [-0.25, -0.2) is 4.98 Å². The summed E-state index contributed by atoms with van der Waals surface area (Å²) in [5, 5.41) is 2.67. The zero-order chi connectivity index (χ0) is 17.9. The first-order valence-corrected chi connectivity index (χ1v) is 10.1. The quantitative estimate of drug-likeness (QED) is 0.688. The number of aromatic nitrogens is 2. The molecule has 0 atom stereocenters. The average molecular weight is 389 g/mol. The number of nitrogens with zero attached hydrogens (tertiary/aromatic N) is 4. The minimum absolute atomic E-state index is 0.0818. The van der Waals surface area contributed by atoms with Gasteiger partial charge in [0.05, 0.1) is 10.7 Å². The molecule has 0 aromatic carbocycles. The second kappa shape index (κ2) is 7.88. The van der Waals surface area contributed by atoms with Crippen LogP contribution in [-0.2, 0) is 13.1 Å². The summed E-state index contributed by atoms with van der Waals surface area (Å²) in [5.41, 5.74) is 1.39. The predicted octanol–water partition coefficient (Wildman–Crippen LogP) is 3.12. The molecule has 136 valence electrons. The fraction of sp³-hybridized carbons (Fsp3) is 0.368. The summed E-state index contributed by atoms with van der Waals surface area (Å²) in [4.78, 5) is 23.3. The Labute approximate surface area is 161 Å². The molecule has 3 aromatic rings. The summed E-state index contributed by atoms with van der Waals surface area (Å²) >= 11 is 7.79. The third-order valence-electron chi connectivity index (χ3n) is 4.70. The highest BCUT2D eigenvalue weighted by Gasteiger charge is 2.16. The number of hydrogen-bond acceptors (Lipinski definition) is 5. The molecular weight excluding hydrogens is 368 g/mol. The number of rotatable bonds is 4. The molecule has 0 unspecified atom stereocenters. The Balaban J connectivity index is 1.43. The lowest BCUT2D eigenvalue weighted by molar-refractivity contribution is 0.246. The summed E-state index contributed by atoms with van der Waals surface area (Å²) in [6, 6.07) is 9.49. The third kappa shape index (κ3) is 4.15. The minimum atomic E-state index is -0.0818. The Morgan fingerprint density at radius 2 is 1.88 bits per heavy atom. The Bertz CT molecular complexity index is 940. The lowest BCUT2D eigenvalue weighted by Gasteiger charge is -2.21. The van der Waals surface area contributed by atoms with Crippen molar-refractivity contribution in [1.82, 2.24) is 19.2 Å². The van der Waals surface area contributed by atoms with Crippen molar-refractivity contribution in [3.63, 3.8) is 0 Å². The Morgan fingerprint density at radius 1 is 1.08 bits per heavy atom. The van der Waals surface area contributed by atoms with Gasteiger partial charge >= 0.3 is 0 Å². The minimum Gasteiger partial charge on any atom is -0.297 e. The molecule has 4 heterocycles. The van der Waals surface area contributed by atoms with Crippen LogP contribution in [0.25, 0.3) is 5.65 Å². The summed E-state index contributed by atoms with van der Waals surface area (Å²) in [7, 11) is 0. The van der Waals surface area contributed by atoms with Gasteiger partial charge in [-0.05, 0) is 43.1 Å². The average Bonchev–Trinajstić information content (AvgIpc) is 3.03. The summed E-state index contributed by atoms with van der Waals surface area (Å²) in [5.74, 6) is 0. The first kappa shape index (κ1) is 17.7. The van der Waals surface area contributed by atoms with Crippen molar-refractivity contribution in [3.05, 3.63) is 67.9 Å². The van der Waals surface area contributed by atoms with Crippen LogP contribution in [0.3, 0.4) is 0 Å². The van der Waals surface area contributed by atoms with Crippen LogP contribution in [0.4, 0.5) is 0 Å². The first-order valence-electron chi connectivity index (χ1n) is 8.82. The van der Waals surface area contributed by atoms with E-state index < -0.39 is 0 Å². The molecule has 0 radical (unpaired) electrons. The fourth-order valence-electron chi connectivity index (χ4n) is 3.40. The van der Waals surface area contributed by atoms with E-state index in [1.165, 1.54) is 9.28 Å². The van der Waals surface area contributed by atoms with Crippen molar-refractivity contribution >= 4 is 28.6 Å². The van der Waals surface area contributed by atoms with E-state index in [9.17, 15) is 4.79 Å². The van der Waals surface area contributed by atoms with E-state index in [0.29, 0.717) is 17.2 Å². The van der Waals surface area contributed by atoms with E-state index in [1.807, 2.05) is 11.3 Å². The van der Waals surface area contributed by atoms with E-state index in [-0.39, 0.29) is 5.56 Å². The van der Waals surface area contributed by atoms with Crippen molar-refractivity contribution in [2.24, 2.45) is 0 Å². The summed E-state index contributed by atoms with van der Waals surface area (Å²) in [6.07, 6.45) is 2.75. The Morgan fingerprint density at radius 3 is 2.65 bits per heavy atom. The summed E-state index contributed by atoms with van der Waals surface area (Å²) < 4.78 is 1.50. The first-order chi connectivity index (χ1) is 12.7. The number of pyridine rings is 1. The monoisotopic (exact) mass is 388 g/mol. The molecule has 0 saturated carbocycles. The normalized spacial score (nSPS) is 16.8. The predicted molar refractivity (Wildman–Crippen MR) is 106 cm³/mol. The molecule has 0 aliphatic carbocycles.